The van der Waals surface area contributed by atoms with Gasteiger partial charge < -0.3 is 4.74 Å². The van der Waals surface area contributed by atoms with Crippen molar-refractivity contribution >= 4 is 5.97 Å². The first-order valence-corrected chi connectivity index (χ1v) is 6.44. The molecule has 0 aliphatic carbocycles. The van der Waals surface area contributed by atoms with Crippen molar-refractivity contribution in [2.75, 3.05) is 6.54 Å². The zero-order valence-corrected chi connectivity index (χ0v) is 12.0. The number of rotatable bonds is 4. The van der Waals surface area contributed by atoms with Gasteiger partial charge in [-0.3, -0.25) is 4.90 Å². The Morgan fingerprint density at radius 1 is 1.28 bits per heavy atom. The molecule has 1 rings (SSSR count). The minimum atomic E-state index is -0.330. The summed E-state index contributed by atoms with van der Waals surface area (Å²) in [5.74, 6) is -0.330. The predicted octanol–water partition coefficient (Wildman–Crippen LogP) is 2.92. The monoisotopic (exact) mass is 251 g/mol. The summed E-state index contributed by atoms with van der Waals surface area (Å²) in [5.41, 5.74) is -0.0237. The normalized spacial score (nSPS) is 23.3. The van der Waals surface area contributed by atoms with Crippen LogP contribution >= 0.6 is 0 Å². The molecule has 0 spiro atoms. The lowest BCUT2D eigenvalue weighted by Gasteiger charge is -2.54. The van der Waals surface area contributed by atoms with Gasteiger partial charge in [0.05, 0.1) is 0 Å². The fourth-order valence-corrected chi connectivity index (χ4v) is 3.15. The Morgan fingerprint density at radius 3 is 2.17 bits per heavy atom. The summed E-state index contributed by atoms with van der Waals surface area (Å²) in [6, 6.07) is 0. The SMILES string of the molecule is C=CCN1C(C)(C)CC(OC(=O)C=C)CC1(C)C. The average molecular weight is 251 g/mol. The highest BCUT2D eigenvalue weighted by Gasteiger charge is 2.45. The van der Waals surface area contributed by atoms with Gasteiger partial charge in [-0.1, -0.05) is 12.7 Å². The lowest BCUT2D eigenvalue weighted by Crippen LogP contribution is -2.62. The van der Waals surface area contributed by atoms with E-state index in [0.29, 0.717) is 0 Å². The van der Waals surface area contributed by atoms with Crippen molar-refractivity contribution in [2.45, 2.75) is 57.7 Å². The second kappa shape index (κ2) is 5.27. The van der Waals surface area contributed by atoms with Gasteiger partial charge in [0.15, 0.2) is 0 Å². The van der Waals surface area contributed by atoms with E-state index in [1.54, 1.807) is 0 Å². The quantitative estimate of drug-likeness (QED) is 0.437. The molecule has 0 aromatic carbocycles. The molecule has 0 N–H and O–H groups in total. The highest BCUT2D eigenvalue weighted by molar-refractivity contribution is 5.81. The average Bonchev–Trinajstić information content (AvgIpc) is 2.22. The molecule has 0 radical (unpaired) electrons. The van der Waals surface area contributed by atoms with Gasteiger partial charge in [-0.15, -0.1) is 6.58 Å². The van der Waals surface area contributed by atoms with Gasteiger partial charge in [0.2, 0.25) is 0 Å². The number of likely N-dealkylation sites (tertiary alicyclic amines) is 1. The fraction of sp³-hybridized carbons (Fsp3) is 0.667. The van der Waals surface area contributed by atoms with Crippen LogP contribution in [0.4, 0.5) is 0 Å². The molecular weight excluding hydrogens is 226 g/mol. The number of hydrogen-bond acceptors (Lipinski definition) is 3. The first kappa shape index (κ1) is 15.0. The van der Waals surface area contributed by atoms with Crippen LogP contribution in [0.5, 0.6) is 0 Å². The summed E-state index contributed by atoms with van der Waals surface area (Å²) in [6.07, 6.45) is 4.80. The van der Waals surface area contributed by atoms with E-state index in [2.05, 4.69) is 45.8 Å². The van der Waals surface area contributed by atoms with Crippen molar-refractivity contribution in [3.05, 3.63) is 25.3 Å². The molecule has 1 heterocycles. The van der Waals surface area contributed by atoms with Crippen LogP contribution in [0.25, 0.3) is 0 Å². The van der Waals surface area contributed by atoms with Crippen LogP contribution in [0.1, 0.15) is 40.5 Å². The van der Waals surface area contributed by atoms with Crippen molar-refractivity contribution in [2.24, 2.45) is 0 Å². The number of esters is 1. The van der Waals surface area contributed by atoms with Gasteiger partial charge in [0, 0.05) is 36.5 Å². The molecule has 1 saturated heterocycles. The highest BCUT2D eigenvalue weighted by Crippen LogP contribution is 2.39. The molecule has 3 heteroatoms. The zero-order valence-electron chi connectivity index (χ0n) is 12.0. The first-order chi connectivity index (χ1) is 8.23. The predicted molar refractivity (Wildman–Crippen MR) is 74.4 cm³/mol. The van der Waals surface area contributed by atoms with Gasteiger partial charge in [0.25, 0.3) is 0 Å². The molecule has 102 valence electrons. The number of nitrogens with zero attached hydrogens (tertiary/aromatic N) is 1. The number of piperidine rings is 1. The van der Waals surface area contributed by atoms with Crippen molar-refractivity contribution < 1.29 is 9.53 Å². The van der Waals surface area contributed by atoms with E-state index in [1.807, 2.05) is 6.08 Å². The van der Waals surface area contributed by atoms with E-state index < -0.39 is 0 Å². The van der Waals surface area contributed by atoms with E-state index in [4.69, 9.17) is 4.74 Å². The van der Waals surface area contributed by atoms with Gasteiger partial charge >= 0.3 is 5.97 Å². The van der Waals surface area contributed by atoms with Crippen LogP contribution < -0.4 is 0 Å². The molecule has 3 nitrogen and oxygen atoms in total. The Morgan fingerprint density at radius 2 is 1.78 bits per heavy atom. The third-order valence-corrected chi connectivity index (χ3v) is 3.68. The largest absolute Gasteiger partial charge is 0.459 e. The Labute approximate surface area is 110 Å². The third-order valence-electron chi connectivity index (χ3n) is 3.68. The molecule has 1 aliphatic rings. The summed E-state index contributed by atoms with van der Waals surface area (Å²) in [7, 11) is 0. The number of hydrogen-bond donors (Lipinski definition) is 0. The Hall–Kier alpha value is -1.09. The van der Waals surface area contributed by atoms with Crippen LogP contribution in [-0.4, -0.2) is 34.6 Å². The van der Waals surface area contributed by atoms with Crippen molar-refractivity contribution in [1.29, 1.82) is 0 Å². The van der Waals surface area contributed by atoms with Crippen LogP contribution in [0.2, 0.25) is 0 Å². The van der Waals surface area contributed by atoms with E-state index in [1.165, 1.54) is 6.08 Å². The molecule has 1 aliphatic heterocycles. The van der Waals surface area contributed by atoms with Crippen LogP contribution in [-0.2, 0) is 9.53 Å². The molecule has 0 amide bonds. The topological polar surface area (TPSA) is 29.5 Å². The van der Waals surface area contributed by atoms with E-state index in [9.17, 15) is 4.79 Å². The van der Waals surface area contributed by atoms with Crippen LogP contribution in [0.3, 0.4) is 0 Å². The van der Waals surface area contributed by atoms with Gasteiger partial charge in [0.1, 0.15) is 6.10 Å². The molecule has 18 heavy (non-hydrogen) atoms. The van der Waals surface area contributed by atoms with E-state index in [-0.39, 0.29) is 23.2 Å². The van der Waals surface area contributed by atoms with Crippen molar-refractivity contribution in [1.82, 2.24) is 4.90 Å². The Balaban J connectivity index is 2.86. The Kier molecular flexibility index (Phi) is 4.38. The van der Waals surface area contributed by atoms with Crippen molar-refractivity contribution in [3.8, 4) is 0 Å². The molecule has 0 aromatic heterocycles. The molecule has 0 saturated carbocycles. The van der Waals surface area contributed by atoms with E-state index in [0.717, 1.165) is 19.4 Å². The maximum Gasteiger partial charge on any atom is 0.330 e. The summed E-state index contributed by atoms with van der Waals surface area (Å²) in [5, 5.41) is 0. The summed E-state index contributed by atoms with van der Waals surface area (Å²) >= 11 is 0. The molecule has 1 fully saturated rings. The summed E-state index contributed by atoms with van der Waals surface area (Å²) in [6.45, 7) is 16.9. The maximum absolute atomic E-state index is 11.3. The summed E-state index contributed by atoms with van der Waals surface area (Å²) < 4.78 is 5.43. The highest BCUT2D eigenvalue weighted by atomic mass is 16.5. The second-order valence-corrected chi connectivity index (χ2v) is 6.20. The Bertz CT molecular complexity index is 326. The third kappa shape index (κ3) is 3.22. The maximum atomic E-state index is 11.3. The van der Waals surface area contributed by atoms with Gasteiger partial charge in [-0.05, 0) is 27.7 Å². The number of carbonyl (C=O) groups excluding carboxylic acids is 1. The van der Waals surface area contributed by atoms with Crippen LogP contribution in [0.15, 0.2) is 25.3 Å². The molecular formula is C15H25NO2. The van der Waals surface area contributed by atoms with Crippen molar-refractivity contribution in [3.63, 3.8) is 0 Å². The lowest BCUT2D eigenvalue weighted by atomic mass is 9.78. The van der Waals surface area contributed by atoms with E-state index >= 15 is 0 Å². The zero-order chi connectivity index (χ0) is 14.0. The second-order valence-electron chi connectivity index (χ2n) is 6.20. The lowest BCUT2D eigenvalue weighted by molar-refractivity contribution is -0.153. The smallest absolute Gasteiger partial charge is 0.330 e. The van der Waals surface area contributed by atoms with Gasteiger partial charge in [-0.25, -0.2) is 4.79 Å². The standard InChI is InChI=1S/C15H25NO2/c1-7-9-16-14(3,4)10-12(11-15(16,5)6)18-13(17)8-2/h7-8,12H,1-2,9-11H2,3-6H3. The molecule has 0 bridgehead atoms. The minimum Gasteiger partial charge on any atom is -0.459 e. The number of carbonyl (C=O) groups is 1. The molecule has 0 aromatic rings. The molecule has 0 unspecified atom stereocenters. The van der Waals surface area contributed by atoms with Gasteiger partial charge in [-0.2, -0.15) is 0 Å². The first-order valence-electron chi connectivity index (χ1n) is 6.44. The fourth-order valence-electron chi connectivity index (χ4n) is 3.15. The number of ether oxygens (including phenoxy) is 1. The molecule has 0 atom stereocenters. The van der Waals surface area contributed by atoms with Crippen LogP contribution in [0, 0.1) is 0 Å². The summed E-state index contributed by atoms with van der Waals surface area (Å²) in [4.78, 5) is 13.8. The minimum absolute atomic E-state index is 0.0118.